The van der Waals surface area contributed by atoms with Gasteiger partial charge in [-0.1, -0.05) is 49.6 Å². The number of benzene rings is 1. The third-order valence-corrected chi connectivity index (χ3v) is 4.21. The summed E-state index contributed by atoms with van der Waals surface area (Å²) in [6.07, 6.45) is 6.63. The zero-order chi connectivity index (χ0) is 22.9. The molecule has 0 aliphatic rings. The number of carbonyl (C=O) groups excluding carboxylic acids is 3. The third kappa shape index (κ3) is 7.78. The lowest BCUT2D eigenvalue weighted by molar-refractivity contribution is -0.138. The zero-order valence-electron chi connectivity index (χ0n) is 18.7. The van der Waals surface area contributed by atoms with Gasteiger partial charge in [0.2, 0.25) is 5.91 Å². The first-order valence-electron chi connectivity index (χ1n) is 10.1. The highest BCUT2D eigenvalue weighted by molar-refractivity contribution is 5.93. The van der Waals surface area contributed by atoms with E-state index in [0.717, 1.165) is 23.3 Å². The Kier molecular flexibility index (Phi) is 9.38. The average molecular weight is 416 g/mol. The number of amides is 3. The predicted octanol–water partition coefficient (Wildman–Crippen LogP) is 3.28. The Bertz CT molecular complexity index is 775. The van der Waals surface area contributed by atoms with Gasteiger partial charge < -0.3 is 15.4 Å². The number of nitrogens with one attached hydrogen (secondary N) is 2. The lowest BCUT2D eigenvalue weighted by atomic mass is 10.0. The number of aryl methyl sites for hydroxylation is 1. The van der Waals surface area contributed by atoms with Crippen molar-refractivity contribution in [2.45, 2.75) is 72.1 Å². The second kappa shape index (κ2) is 11.2. The fourth-order valence-corrected chi connectivity index (χ4v) is 2.67. The molecular formula is C23H33N3O4. The molecule has 2 atom stereocenters. The van der Waals surface area contributed by atoms with Crippen molar-refractivity contribution in [2.24, 2.45) is 0 Å². The summed E-state index contributed by atoms with van der Waals surface area (Å²) < 4.78 is 5.19. The van der Waals surface area contributed by atoms with Gasteiger partial charge in [-0.2, -0.15) is 0 Å². The molecule has 0 spiro atoms. The normalized spacial score (nSPS) is 12.8. The van der Waals surface area contributed by atoms with Gasteiger partial charge in [0.05, 0.1) is 0 Å². The SMILES string of the molecule is C#CN(C(=O)C(C)NC(=O)OC(C)(C)C)C(C(=O)NCCCC)c1ccc(C)cc1. The zero-order valence-corrected chi connectivity index (χ0v) is 18.7. The Morgan fingerprint density at radius 2 is 1.80 bits per heavy atom. The van der Waals surface area contributed by atoms with E-state index in [1.165, 1.54) is 6.92 Å². The number of carbonyl (C=O) groups is 3. The largest absolute Gasteiger partial charge is 0.444 e. The van der Waals surface area contributed by atoms with Crippen LogP contribution in [0.1, 0.15) is 64.6 Å². The molecule has 7 nitrogen and oxygen atoms in total. The molecule has 2 unspecified atom stereocenters. The smallest absolute Gasteiger partial charge is 0.408 e. The molecule has 30 heavy (non-hydrogen) atoms. The molecule has 0 bridgehead atoms. The highest BCUT2D eigenvalue weighted by atomic mass is 16.6. The van der Waals surface area contributed by atoms with Crippen molar-refractivity contribution in [3.63, 3.8) is 0 Å². The number of terminal acetylenes is 1. The van der Waals surface area contributed by atoms with Crippen LogP contribution in [-0.2, 0) is 14.3 Å². The van der Waals surface area contributed by atoms with Gasteiger partial charge in [0.25, 0.3) is 5.91 Å². The van der Waals surface area contributed by atoms with Crippen LogP contribution >= 0.6 is 0 Å². The molecule has 2 N–H and O–H groups in total. The minimum absolute atomic E-state index is 0.372. The van der Waals surface area contributed by atoms with Gasteiger partial charge in [0, 0.05) is 12.6 Å². The van der Waals surface area contributed by atoms with Crippen LogP contribution in [0.15, 0.2) is 24.3 Å². The van der Waals surface area contributed by atoms with Crippen LogP contribution in [0.2, 0.25) is 0 Å². The number of hydrogen-bond donors (Lipinski definition) is 2. The number of rotatable bonds is 8. The summed E-state index contributed by atoms with van der Waals surface area (Å²) in [6, 6.07) is 7.56. The number of unbranched alkanes of at least 4 members (excludes halogenated alkanes) is 1. The van der Waals surface area contributed by atoms with Gasteiger partial charge in [-0.3, -0.25) is 14.5 Å². The van der Waals surface area contributed by atoms with Gasteiger partial charge in [-0.25, -0.2) is 4.79 Å². The van der Waals surface area contributed by atoms with Crippen LogP contribution in [0.25, 0.3) is 0 Å². The minimum Gasteiger partial charge on any atom is -0.444 e. The Morgan fingerprint density at radius 1 is 1.20 bits per heavy atom. The lowest BCUT2D eigenvalue weighted by Crippen LogP contribution is -2.50. The minimum atomic E-state index is -1.01. The second-order valence-electron chi connectivity index (χ2n) is 8.16. The van der Waals surface area contributed by atoms with Crippen molar-refractivity contribution in [1.82, 2.24) is 15.5 Å². The fourth-order valence-electron chi connectivity index (χ4n) is 2.67. The van der Waals surface area contributed by atoms with Crippen molar-refractivity contribution in [3.05, 3.63) is 35.4 Å². The summed E-state index contributed by atoms with van der Waals surface area (Å²) in [5.74, 6) is -0.956. The Balaban J connectivity index is 3.10. The quantitative estimate of drug-likeness (QED) is 0.387. The summed E-state index contributed by atoms with van der Waals surface area (Å²) in [5, 5.41) is 5.31. The van der Waals surface area contributed by atoms with E-state index < -0.39 is 29.7 Å². The molecule has 1 rings (SSSR count). The highest BCUT2D eigenvalue weighted by Gasteiger charge is 2.34. The molecule has 3 amide bonds. The molecule has 0 fully saturated rings. The van der Waals surface area contributed by atoms with Gasteiger partial charge in [-0.15, -0.1) is 0 Å². The Morgan fingerprint density at radius 3 is 2.30 bits per heavy atom. The van der Waals surface area contributed by atoms with E-state index in [1.54, 1.807) is 32.9 Å². The van der Waals surface area contributed by atoms with Gasteiger partial charge >= 0.3 is 6.09 Å². The average Bonchev–Trinajstić information content (AvgIpc) is 2.65. The number of hydrogen-bond acceptors (Lipinski definition) is 4. The van der Waals surface area contributed by atoms with Crippen molar-refractivity contribution in [1.29, 1.82) is 0 Å². The van der Waals surface area contributed by atoms with E-state index in [4.69, 9.17) is 11.2 Å². The van der Waals surface area contributed by atoms with E-state index in [0.29, 0.717) is 12.1 Å². The standard InChI is InChI=1S/C23H33N3O4/c1-8-10-15-24-20(27)19(18-13-11-16(3)12-14-18)26(9-2)21(28)17(4)25-22(29)30-23(5,6)7/h2,11-14,17,19H,8,10,15H2,1,3-7H3,(H,24,27)(H,25,29). The maximum absolute atomic E-state index is 13.0. The van der Waals surface area contributed by atoms with E-state index in [9.17, 15) is 14.4 Å². The van der Waals surface area contributed by atoms with E-state index in [2.05, 4.69) is 16.7 Å². The second-order valence-corrected chi connectivity index (χ2v) is 8.16. The molecule has 0 saturated carbocycles. The van der Waals surface area contributed by atoms with Crippen LogP contribution < -0.4 is 10.6 Å². The van der Waals surface area contributed by atoms with Crippen molar-refractivity contribution in [2.75, 3.05) is 6.54 Å². The Labute approximate surface area is 179 Å². The number of alkyl carbamates (subject to hydrolysis) is 1. The Hall–Kier alpha value is -3.01. The molecule has 1 aromatic rings. The van der Waals surface area contributed by atoms with Crippen LogP contribution in [0.3, 0.4) is 0 Å². The highest BCUT2D eigenvalue weighted by Crippen LogP contribution is 2.22. The molecule has 7 heteroatoms. The van der Waals surface area contributed by atoms with Crippen molar-refractivity contribution >= 4 is 17.9 Å². The number of nitrogens with zero attached hydrogens (tertiary/aromatic N) is 1. The topological polar surface area (TPSA) is 87.7 Å². The van der Waals surface area contributed by atoms with Crippen LogP contribution in [0.4, 0.5) is 4.79 Å². The van der Waals surface area contributed by atoms with Gasteiger partial charge in [0.1, 0.15) is 17.7 Å². The third-order valence-electron chi connectivity index (χ3n) is 4.21. The maximum Gasteiger partial charge on any atom is 0.408 e. The molecule has 0 aliphatic heterocycles. The molecule has 0 heterocycles. The van der Waals surface area contributed by atoms with Crippen molar-refractivity contribution < 1.29 is 19.1 Å². The van der Waals surface area contributed by atoms with Crippen LogP contribution in [0.5, 0.6) is 0 Å². The van der Waals surface area contributed by atoms with E-state index >= 15 is 0 Å². The van der Waals surface area contributed by atoms with Gasteiger partial charge in [0.15, 0.2) is 0 Å². The van der Waals surface area contributed by atoms with E-state index in [1.807, 2.05) is 26.0 Å². The fraction of sp³-hybridized carbons (Fsp3) is 0.522. The first kappa shape index (κ1) is 25.0. The summed E-state index contributed by atoms with van der Waals surface area (Å²) in [6.45, 7) is 11.1. The molecule has 164 valence electrons. The predicted molar refractivity (Wildman–Crippen MR) is 116 cm³/mol. The molecular weight excluding hydrogens is 382 g/mol. The first-order chi connectivity index (χ1) is 14.0. The molecule has 0 saturated heterocycles. The summed E-state index contributed by atoms with van der Waals surface area (Å²) in [5.41, 5.74) is 0.898. The molecule has 0 aromatic heterocycles. The van der Waals surface area contributed by atoms with Crippen LogP contribution in [0, 0.1) is 19.4 Å². The monoisotopic (exact) mass is 415 g/mol. The molecule has 0 aliphatic carbocycles. The molecule has 1 aromatic carbocycles. The van der Waals surface area contributed by atoms with Crippen LogP contribution in [-0.4, -0.2) is 41.0 Å². The summed E-state index contributed by atoms with van der Waals surface area (Å²) in [4.78, 5) is 39.0. The van der Waals surface area contributed by atoms with Crippen molar-refractivity contribution in [3.8, 4) is 12.5 Å². The summed E-state index contributed by atoms with van der Waals surface area (Å²) in [7, 11) is 0. The lowest BCUT2D eigenvalue weighted by Gasteiger charge is -2.29. The summed E-state index contributed by atoms with van der Waals surface area (Å²) >= 11 is 0. The molecule has 0 radical (unpaired) electrons. The first-order valence-corrected chi connectivity index (χ1v) is 10.1. The van der Waals surface area contributed by atoms with Gasteiger partial charge in [-0.05, 0) is 46.6 Å². The number of ether oxygens (including phenoxy) is 1. The maximum atomic E-state index is 13.0. The van der Waals surface area contributed by atoms with E-state index in [-0.39, 0.29) is 5.91 Å².